The highest BCUT2D eigenvalue weighted by molar-refractivity contribution is 5.37. The smallest absolute Gasteiger partial charge is 0.0237 e. The van der Waals surface area contributed by atoms with Gasteiger partial charge in [-0.1, -0.05) is 12.1 Å². The largest absolute Gasteiger partial charge is 0.316 e. The Balaban J connectivity index is 1.43. The molecule has 2 unspecified atom stereocenters. The average molecular weight is 343 g/mol. The normalized spacial score (nSPS) is 28.6. The molecule has 0 aliphatic carbocycles. The summed E-state index contributed by atoms with van der Waals surface area (Å²) in [4.78, 5) is 7.74. The van der Waals surface area contributed by atoms with E-state index in [4.69, 9.17) is 0 Å². The number of benzene rings is 1. The van der Waals surface area contributed by atoms with Crippen LogP contribution in [0.2, 0.25) is 0 Å². The van der Waals surface area contributed by atoms with Gasteiger partial charge in [0, 0.05) is 52.4 Å². The van der Waals surface area contributed by atoms with E-state index in [2.05, 4.69) is 53.0 Å². The van der Waals surface area contributed by atoms with Crippen LogP contribution >= 0.6 is 0 Å². The second-order valence-corrected chi connectivity index (χ2v) is 8.66. The number of rotatable bonds is 4. The molecule has 1 aromatic rings. The Morgan fingerprint density at radius 2 is 1.40 bits per heavy atom. The fourth-order valence-electron chi connectivity index (χ4n) is 4.86. The van der Waals surface area contributed by atoms with Gasteiger partial charge in [0.2, 0.25) is 0 Å². The van der Waals surface area contributed by atoms with Crippen LogP contribution in [-0.4, -0.2) is 74.1 Å². The van der Waals surface area contributed by atoms with Crippen molar-refractivity contribution in [3.63, 3.8) is 0 Å². The topological polar surface area (TPSA) is 21.8 Å². The van der Waals surface area contributed by atoms with Gasteiger partial charge in [0.15, 0.2) is 0 Å². The number of nitrogens with zero attached hydrogens (tertiary/aromatic N) is 3. The van der Waals surface area contributed by atoms with Crippen molar-refractivity contribution in [1.29, 1.82) is 0 Å². The van der Waals surface area contributed by atoms with Crippen LogP contribution in [0.4, 0.5) is 0 Å². The van der Waals surface area contributed by atoms with Crippen molar-refractivity contribution < 1.29 is 0 Å². The lowest BCUT2D eigenvalue weighted by Crippen LogP contribution is -2.44. The van der Waals surface area contributed by atoms with Crippen LogP contribution < -0.4 is 5.32 Å². The van der Waals surface area contributed by atoms with Crippen LogP contribution in [0, 0.1) is 25.7 Å². The average Bonchev–Trinajstić information content (AvgIpc) is 3.15. The van der Waals surface area contributed by atoms with Gasteiger partial charge in [-0.3, -0.25) is 9.80 Å². The molecule has 3 saturated heterocycles. The predicted octanol–water partition coefficient (Wildman–Crippen LogP) is 1.70. The molecule has 1 aromatic carbocycles. The number of likely N-dealkylation sites (N-methyl/N-ethyl adjacent to an activating group) is 1. The van der Waals surface area contributed by atoms with Gasteiger partial charge in [0.1, 0.15) is 0 Å². The Bertz CT molecular complexity index is 594. The van der Waals surface area contributed by atoms with Gasteiger partial charge in [0.05, 0.1) is 0 Å². The first-order chi connectivity index (χ1) is 12.1. The summed E-state index contributed by atoms with van der Waals surface area (Å²) in [6.45, 7) is 16.6. The number of nitrogens with one attached hydrogen (secondary N) is 1. The third kappa shape index (κ3) is 3.92. The van der Waals surface area contributed by atoms with Crippen molar-refractivity contribution in [1.82, 2.24) is 20.0 Å². The van der Waals surface area contributed by atoms with Gasteiger partial charge in [0.25, 0.3) is 0 Å². The monoisotopic (exact) mass is 342 g/mol. The molecular weight excluding hydrogens is 308 g/mol. The molecule has 0 radical (unpaired) electrons. The third-order valence-corrected chi connectivity index (χ3v) is 6.64. The van der Waals surface area contributed by atoms with E-state index < -0.39 is 0 Å². The fraction of sp³-hybridized carbons (Fsp3) is 0.714. The maximum atomic E-state index is 3.55. The van der Waals surface area contributed by atoms with Gasteiger partial charge in [-0.15, -0.1) is 0 Å². The quantitative estimate of drug-likeness (QED) is 0.899. The van der Waals surface area contributed by atoms with E-state index in [1.807, 2.05) is 0 Å². The standard InChI is InChI=1S/C21H34N4/c1-16-8-17(2)19(13-25-14-20-10-22-11-21(20)15-25)9-18(16)12-24-6-4-23(3)5-7-24/h8-9,20-22H,4-7,10-15H2,1-3H3. The van der Waals surface area contributed by atoms with Gasteiger partial charge in [-0.2, -0.15) is 0 Å². The predicted molar refractivity (Wildman–Crippen MR) is 104 cm³/mol. The van der Waals surface area contributed by atoms with Crippen LogP contribution in [0.5, 0.6) is 0 Å². The minimum atomic E-state index is 0.885. The molecule has 4 rings (SSSR count). The van der Waals surface area contributed by atoms with Crippen LogP contribution in [-0.2, 0) is 13.1 Å². The van der Waals surface area contributed by atoms with Crippen LogP contribution in [0.3, 0.4) is 0 Å². The zero-order chi connectivity index (χ0) is 17.4. The highest BCUT2D eigenvalue weighted by Gasteiger charge is 2.35. The molecule has 25 heavy (non-hydrogen) atoms. The summed E-state index contributed by atoms with van der Waals surface area (Å²) in [5, 5.41) is 3.55. The van der Waals surface area contributed by atoms with Gasteiger partial charge in [-0.05, 0) is 68.1 Å². The molecule has 3 aliphatic rings. The molecule has 0 aromatic heterocycles. The van der Waals surface area contributed by atoms with Crippen molar-refractivity contribution in [2.45, 2.75) is 26.9 Å². The lowest BCUT2D eigenvalue weighted by atomic mass is 9.99. The summed E-state index contributed by atoms with van der Waals surface area (Å²) in [7, 11) is 2.23. The van der Waals surface area contributed by atoms with Crippen molar-refractivity contribution in [3.05, 3.63) is 34.4 Å². The highest BCUT2D eigenvalue weighted by Crippen LogP contribution is 2.28. The number of aryl methyl sites for hydroxylation is 2. The molecular formula is C21H34N4. The van der Waals surface area contributed by atoms with E-state index in [-0.39, 0.29) is 0 Å². The zero-order valence-electron chi connectivity index (χ0n) is 16.2. The number of piperazine rings is 1. The van der Waals surface area contributed by atoms with Gasteiger partial charge < -0.3 is 10.2 Å². The van der Waals surface area contributed by atoms with E-state index >= 15 is 0 Å². The van der Waals surface area contributed by atoms with E-state index in [1.54, 1.807) is 5.56 Å². The first-order valence-electron chi connectivity index (χ1n) is 10.0. The van der Waals surface area contributed by atoms with Gasteiger partial charge >= 0.3 is 0 Å². The Labute approximate surface area is 153 Å². The van der Waals surface area contributed by atoms with E-state index in [9.17, 15) is 0 Å². The molecule has 2 atom stereocenters. The minimum absolute atomic E-state index is 0.885. The Hall–Kier alpha value is -0.940. The highest BCUT2D eigenvalue weighted by atomic mass is 15.2. The van der Waals surface area contributed by atoms with Crippen LogP contribution in [0.1, 0.15) is 22.3 Å². The SMILES string of the molecule is Cc1cc(C)c(CN2CC3CNCC3C2)cc1CN1CCN(C)CC1. The van der Waals surface area contributed by atoms with E-state index in [1.165, 1.54) is 69.0 Å². The molecule has 3 heterocycles. The number of fused-ring (bicyclic) bond motifs is 1. The summed E-state index contributed by atoms with van der Waals surface area (Å²) in [5.74, 6) is 1.77. The van der Waals surface area contributed by atoms with E-state index in [0.717, 1.165) is 24.9 Å². The van der Waals surface area contributed by atoms with E-state index in [0.29, 0.717) is 0 Å². The van der Waals surface area contributed by atoms with Crippen LogP contribution in [0.15, 0.2) is 12.1 Å². The molecule has 4 nitrogen and oxygen atoms in total. The fourth-order valence-corrected chi connectivity index (χ4v) is 4.86. The third-order valence-electron chi connectivity index (χ3n) is 6.64. The molecule has 0 bridgehead atoms. The first-order valence-corrected chi connectivity index (χ1v) is 10.0. The van der Waals surface area contributed by atoms with Gasteiger partial charge in [-0.25, -0.2) is 0 Å². The molecule has 4 heteroatoms. The summed E-state index contributed by atoms with van der Waals surface area (Å²) < 4.78 is 0. The van der Waals surface area contributed by atoms with Crippen molar-refractivity contribution in [2.75, 3.05) is 59.4 Å². The molecule has 3 fully saturated rings. The number of hydrogen-bond acceptors (Lipinski definition) is 4. The second-order valence-electron chi connectivity index (χ2n) is 8.66. The summed E-state index contributed by atoms with van der Waals surface area (Å²) in [6.07, 6.45) is 0. The number of hydrogen-bond donors (Lipinski definition) is 1. The summed E-state index contributed by atoms with van der Waals surface area (Å²) >= 11 is 0. The maximum absolute atomic E-state index is 3.55. The molecule has 3 aliphatic heterocycles. The minimum Gasteiger partial charge on any atom is -0.316 e. The second kappa shape index (κ2) is 7.36. The molecule has 0 amide bonds. The molecule has 0 saturated carbocycles. The van der Waals surface area contributed by atoms with Crippen molar-refractivity contribution in [2.24, 2.45) is 11.8 Å². The molecule has 0 spiro atoms. The molecule has 138 valence electrons. The first kappa shape index (κ1) is 17.5. The van der Waals surface area contributed by atoms with Crippen LogP contribution in [0.25, 0.3) is 0 Å². The Morgan fingerprint density at radius 1 is 0.840 bits per heavy atom. The number of likely N-dealkylation sites (tertiary alicyclic amines) is 1. The maximum Gasteiger partial charge on any atom is 0.0237 e. The summed E-state index contributed by atoms with van der Waals surface area (Å²) in [6, 6.07) is 4.93. The van der Waals surface area contributed by atoms with Crippen molar-refractivity contribution in [3.8, 4) is 0 Å². The lowest BCUT2D eigenvalue weighted by molar-refractivity contribution is 0.148. The Morgan fingerprint density at radius 3 is 2.00 bits per heavy atom. The Kier molecular flexibility index (Phi) is 5.14. The summed E-state index contributed by atoms with van der Waals surface area (Å²) in [5.41, 5.74) is 6.01. The zero-order valence-corrected chi connectivity index (χ0v) is 16.2. The molecule has 1 N–H and O–H groups in total. The lowest BCUT2D eigenvalue weighted by Gasteiger charge is -2.33. The van der Waals surface area contributed by atoms with Crippen molar-refractivity contribution >= 4 is 0 Å².